The monoisotopic (exact) mass is 718 g/mol. The van der Waals surface area contributed by atoms with Gasteiger partial charge in [-0.1, -0.05) is 97.1 Å². The predicted octanol–water partition coefficient (Wildman–Crippen LogP) is 6.89. The highest BCUT2D eigenvalue weighted by Crippen LogP contribution is 2.76. The SMILES string of the molecule is CN(C)CC1(O)C2c3ccccc3C3C(c4ccccc42)C31.CN(C)CC1C2c3ccccc3C3C(c4ccccc42)C13.Cl.O=C(O)/C=C/C(=O)O. The molecule has 7 nitrogen and oxygen atoms in total. The van der Waals surface area contributed by atoms with Crippen molar-refractivity contribution in [2.75, 3.05) is 41.3 Å². The first-order chi connectivity index (χ1) is 24.5. The van der Waals surface area contributed by atoms with Gasteiger partial charge < -0.3 is 25.1 Å². The topological polar surface area (TPSA) is 101 Å². The standard InChI is InChI=1S/C20H21NO.C20H21N.C4H4O4.ClH/c1-21(2)11-20(22)18-14-9-5-3-7-12(14)16-17(19(16)20)13-8-4-6-10-15(13)18;1-21(2)11-16-17-12-7-3-5-9-14(12)18-19(20(16)18)15-10-6-4-8-13(15)17;5-3(6)1-2-4(7)8;/h3-10,16-19,22H,11H2,1-2H3;3-10,16-20H,11H2,1-2H3;1-2H,(H,5,6)(H,7,8);1H/b;;2-1+;. The van der Waals surface area contributed by atoms with Gasteiger partial charge in [0.1, 0.15) is 0 Å². The van der Waals surface area contributed by atoms with Crippen molar-refractivity contribution in [3.63, 3.8) is 0 Å². The van der Waals surface area contributed by atoms with Gasteiger partial charge in [0.2, 0.25) is 0 Å². The predicted molar refractivity (Wildman–Crippen MR) is 205 cm³/mol. The minimum absolute atomic E-state index is 0. The van der Waals surface area contributed by atoms with Gasteiger partial charge in [-0.25, -0.2) is 9.59 Å². The molecule has 52 heavy (non-hydrogen) atoms. The second-order valence-corrected chi connectivity index (χ2v) is 15.8. The summed E-state index contributed by atoms with van der Waals surface area (Å²) in [4.78, 5) is 23.6. The first kappa shape index (κ1) is 36.1. The Kier molecular flexibility index (Phi) is 9.45. The Labute approximate surface area is 312 Å². The number of rotatable bonds is 6. The van der Waals surface area contributed by atoms with E-state index in [2.05, 4.69) is 135 Å². The van der Waals surface area contributed by atoms with Gasteiger partial charge >= 0.3 is 11.9 Å². The Balaban J connectivity index is 0.000000133. The van der Waals surface area contributed by atoms with Crippen LogP contribution in [0, 0.1) is 17.8 Å². The number of likely N-dealkylation sites (N-methyl/N-ethyl adjacent to an activating group) is 1. The Morgan fingerprint density at radius 2 is 0.962 bits per heavy atom. The second kappa shape index (κ2) is 13.6. The van der Waals surface area contributed by atoms with E-state index in [4.69, 9.17) is 10.2 Å². The molecule has 2 saturated carbocycles. The zero-order valence-corrected chi connectivity index (χ0v) is 30.8. The molecule has 0 heterocycles. The maximum atomic E-state index is 11.7. The van der Waals surface area contributed by atoms with E-state index < -0.39 is 17.5 Å². The molecule has 4 aromatic carbocycles. The Morgan fingerprint density at radius 3 is 1.33 bits per heavy atom. The van der Waals surface area contributed by atoms with Crippen molar-refractivity contribution < 1.29 is 24.9 Å². The van der Waals surface area contributed by atoms with Crippen molar-refractivity contribution in [3.05, 3.63) is 154 Å². The molecule has 0 spiro atoms. The van der Waals surface area contributed by atoms with Crippen LogP contribution >= 0.6 is 12.4 Å². The lowest BCUT2D eigenvalue weighted by molar-refractivity contribution is -0.134. The van der Waals surface area contributed by atoms with Crippen molar-refractivity contribution in [2.24, 2.45) is 17.8 Å². The van der Waals surface area contributed by atoms with Crippen LogP contribution in [0.25, 0.3) is 0 Å². The van der Waals surface area contributed by atoms with Gasteiger partial charge in [-0.05, 0) is 108 Å². The number of aliphatic hydroxyl groups is 1. The second-order valence-electron chi connectivity index (χ2n) is 15.8. The fourth-order valence-electron chi connectivity index (χ4n) is 11.0. The van der Waals surface area contributed by atoms with E-state index in [9.17, 15) is 14.7 Å². The van der Waals surface area contributed by atoms with Crippen LogP contribution < -0.4 is 0 Å². The normalized spacial score (nSPS) is 30.9. The van der Waals surface area contributed by atoms with Gasteiger partial charge in [-0.2, -0.15) is 0 Å². The third-order valence-electron chi connectivity index (χ3n) is 12.3. The lowest BCUT2D eigenvalue weighted by Gasteiger charge is -2.45. The number of carbonyl (C=O) groups is 2. The number of carboxylic acids is 2. The van der Waals surface area contributed by atoms with Gasteiger partial charge in [0.15, 0.2) is 0 Å². The average Bonchev–Trinajstić information content (AvgIpc) is 4.02. The molecule has 0 amide bonds. The van der Waals surface area contributed by atoms with Crippen LogP contribution in [0.5, 0.6) is 0 Å². The van der Waals surface area contributed by atoms with Crippen LogP contribution in [0.2, 0.25) is 0 Å². The van der Waals surface area contributed by atoms with Crippen LogP contribution in [0.3, 0.4) is 0 Å². The van der Waals surface area contributed by atoms with Gasteiger partial charge in [-0.15, -0.1) is 12.4 Å². The molecule has 0 aromatic heterocycles. The molecule has 4 aromatic rings. The number of carboxylic acid groups (broad SMARTS) is 2. The molecule has 0 saturated heterocycles. The summed E-state index contributed by atoms with van der Waals surface area (Å²) < 4.78 is 0. The number of fused-ring (bicyclic) bond motifs is 16. The van der Waals surface area contributed by atoms with Crippen LogP contribution in [0.1, 0.15) is 80.0 Å². The average molecular weight is 719 g/mol. The fourth-order valence-corrected chi connectivity index (χ4v) is 11.0. The van der Waals surface area contributed by atoms with Crippen LogP contribution in [0.15, 0.2) is 109 Å². The summed E-state index contributed by atoms with van der Waals surface area (Å²) in [6.45, 7) is 1.95. The van der Waals surface area contributed by atoms with Gasteiger partial charge in [-0.3, -0.25) is 0 Å². The number of hydrogen-bond donors (Lipinski definition) is 3. The van der Waals surface area contributed by atoms with E-state index in [1.807, 2.05) is 0 Å². The summed E-state index contributed by atoms with van der Waals surface area (Å²) in [6, 6.07) is 36.0. The summed E-state index contributed by atoms with van der Waals surface area (Å²) in [5.41, 5.74) is 11.5. The first-order valence-corrected chi connectivity index (χ1v) is 18.0. The molecule has 8 heteroatoms. The van der Waals surface area contributed by atoms with Crippen molar-refractivity contribution in [3.8, 4) is 0 Å². The zero-order valence-electron chi connectivity index (χ0n) is 30.0. The highest BCUT2D eigenvalue weighted by atomic mass is 35.5. The third-order valence-corrected chi connectivity index (χ3v) is 12.3. The van der Waals surface area contributed by atoms with Crippen LogP contribution in [0.4, 0.5) is 0 Å². The Hall–Kier alpha value is -4.27. The van der Waals surface area contributed by atoms with E-state index in [0.717, 1.165) is 30.2 Å². The maximum Gasteiger partial charge on any atom is 0.328 e. The molecule has 2 fully saturated rings. The number of aliphatic carboxylic acids is 2. The van der Waals surface area contributed by atoms with E-state index in [1.165, 1.54) is 28.8 Å². The lowest BCUT2D eigenvalue weighted by atomic mass is 9.65. The molecule has 3 N–H and O–H groups in total. The minimum atomic E-state index is -1.26. The van der Waals surface area contributed by atoms with Gasteiger partial charge in [0, 0.05) is 43.0 Å². The number of hydrogen-bond acceptors (Lipinski definition) is 5. The van der Waals surface area contributed by atoms with Crippen molar-refractivity contribution in [1.29, 1.82) is 0 Å². The van der Waals surface area contributed by atoms with Crippen molar-refractivity contribution >= 4 is 24.3 Å². The molecule has 6 unspecified atom stereocenters. The molecule has 4 bridgehead atoms. The van der Waals surface area contributed by atoms with E-state index in [0.29, 0.717) is 35.8 Å². The van der Waals surface area contributed by atoms with Gasteiger partial charge in [0.25, 0.3) is 0 Å². The summed E-state index contributed by atoms with van der Waals surface area (Å²) in [6.07, 6.45) is 1.12. The van der Waals surface area contributed by atoms with Crippen LogP contribution in [-0.4, -0.2) is 83.9 Å². The zero-order chi connectivity index (χ0) is 35.8. The molecule has 270 valence electrons. The third kappa shape index (κ3) is 5.79. The molecule has 0 aliphatic heterocycles. The van der Waals surface area contributed by atoms with E-state index in [-0.39, 0.29) is 18.3 Å². The Morgan fingerprint density at radius 1 is 0.596 bits per heavy atom. The first-order valence-electron chi connectivity index (χ1n) is 18.0. The molecule has 10 rings (SSSR count). The molecular weight excluding hydrogens is 672 g/mol. The lowest BCUT2D eigenvalue weighted by Crippen LogP contribution is -2.51. The largest absolute Gasteiger partial charge is 0.478 e. The Bertz CT molecular complexity index is 1920. The minimum Gasteiger partial charge on any atom is -0.478 e. The number of nitrogens with zero attached hydrogens (tertiary/aromatic N) is 2. The molecule has 6 atom stereocenters. The fraction of sp³-hybridized carbons (Fsp3) is 0.364. The van der Waals surface area contributed by atoms with E-state index >= 15 is 0 Å². The summed E-state index contributed by atoms with van der Waals surface area (Å²) in [7, 11) is 8.57. The van der Waals surface area contributed by atoms with Crippen molar-refractivity contribution in [1.82, 2.24) is 9.80 Å². The van der Waals surface area contributed by atoms with Crippen LogP contribution in [-0.2, 0) is 9.59 Å². The number of benzene rings is 4. The molecule has 6 aliphatic rings. The quantitative estimate of drug-likeness (QED) is 0.187. The van der Waals surface area contributed by atoms with E-state index in [1.54, 1.807) is 22.3 Å². The van der Waals surface area contributed by atoms with Crippen molar-refractivity contribution in [2.45, 2.75) is 41.1 Å². The molecule has 6 aliphatic carbocycles. The highest BCUT2D eigenvalue weighted by Gasteiger charge is 2.71. The smallest absolute Gasteiger partial charge is 0.328 e. The molecular formula is C44H47ClN2O5. The summed E-state index contributed by atoms with van der Waals surface area (Å²) >= 11 is 0. The summed E-state index contributed by atoms with van der Waals surface area (Å²) in [5.74, 6) is 2.83. The molecule has 0 radical (unpaired) electrons. The summed E-state index contributed by atoms with van der Waals surface area (Å²) in [5, 5.41) is 27.3. The highest BCUT2D eigenvalue weighted by molar-refractivity contribution is 5.89. The number of halogens is 1. The van der Waals surface area contributed by atoms with Gasteiger partial charge in [0.05, 0.1) is 5.60 Å². The maximum absolute atomic E-state index is 11.7.